The summed E-state index contributed by atoms with van der Waals surface area (Å²) in [5, 5.41) is 0.754. The Balaban J connectivity index is 1.10. The average Bonchev–Trinajstić information content (AvgIpc) is 3.61. The van der Waals surface area contributed by atoms with Crippen molar-refractivity contribution in [2.24, 2.45) is 5.92 Å². The molecule has 12 heteroatoms. The fourth-order valence-electron chi connectivity index (χ4n) is 7.38. The summed E-state index contributed by atoms with van der Waals surface area (Å²) in [4.78, 5) is 37.7. The van der Waals surface area contributed by atoms with Crippen molar-refractivity contribution in [2.75, 3.05) is 40.4 Å². The van der Waals surface area contributed by atoms with Crippen LogP contribution < -0.4 is 9.47 Å². The molecule has 6 heterocycles. The van der Waals surface area contributed by atoms with Crippen LogP contribution in [0.25, 0.3) is 0 Å². The van der Waals surface area contributed by atoms with Gasteiger partial charge in [-0.15, -0.1) is 11.3 Å². The maximum atomic E-state index is 14.0. The highest BCUT2D eigenvalue weighted by molar-refractivity contribution is 7.13. The summed E-state index contributed by atoms with van der Waals surface area (Å²) >= 11 is 14.3. The number of aromatic nitrogens is 1. The fraction of sp³-hybridized carbons (Fsp3) is 0.395. The van der Waals surface area contributed by atoms with Gasteiger partial charge in [0, 0.05) is 43.3 Å². The molecule has 2 aromatic carbocycles. The quantitative estimate of drug-likeness (QED) is 0.147. The summed E-state index contributed by atoms with van der Waals surface area (Å²) in [6.07, 6.45) is 5.42. The van der Waals surface area contributed by atoms with Gasteiger partial charge in [0.05, 0.1) is 24.3 Å². The molecule has 0 amide bonds. The molecule has 0 radical (unpaired) electrons. The van der Waals surface area contributed by atoms with Crippen LogP contribution in [0.5, 0.6) is 11.5 Å². The van der Waals surface area contributed by atoms with Crippen LogP contribution in [0.2, 0.25) is 10.0 Å². The number of esters is 2. The highest BCUT2D eigenvalue weighted by atomic mass is 35.5. The first-order valence-corrected chi connectivity index (χ1v) is 18.4. The molecule has 3 saturated heterocycles. The van der Waals surface area contributed by atoms with Crippen LogP contribution in [0.1, 0.15) is 61.8 Å². The standard InChI is InChI=1S/C38H39Cl2N3O6S/c1-46-31-9-7-25(17-33(31)47-2)32(18-28-29(39)19-41-20-30(28)40)48-37(44)35-10-8-26(50-35)21-43-16-13-23-5-3-4-6-27(23)36(43)38(45)49-34-22-42-14-11-24(34)12-15-42/h3-10,17,19-20,24,32,34,36H,11-16,18,21-22H2,1-2H3/t32-,34-,36?/m0/s1. The van der Waals surface area contributed by atoms with Crippen molar-refractivity contribution in [1.29, 1.82) is 0 Å². The SMILES string of the molecule is COc1ccc([C@H](Cc2c(Cl)cncc2Cl)OC(=O)c2ccc(CN3CCc4ccccc4C3C(=O)O[C@H]3CN4CCC3CC4)s2)cc1OC. The molecule has 0 N–H and O–H groups in total. The third-order valence-corrected chi connectivity index (χ3v) is 11.8. The molecule has 4 aliphatic heterocycles. The van der Waals surface area contributed by atoms with E-state index in [1.165, 1.54) is 29.3 Å². The van der Waals surface area contributed by atoms with Crippen molar-refractivity contribution >= 4 is 46.5 Å². The first-order valence-electron chi connectivity index (χ1n) is 16.9. The van der Waals surface area contributed by atoms with Gasteiger partial charge in [-0.1, -0.05) is 53.5 Å². The molecule has 0 spiro atoms. The van der Waals surface area contributed by atoms with Gasteiger partial charge in [0.1, 0.15) is 23.1 Å². The molecule has 2 bridgehead atoms. The molecule has 262 valence electrons. The first-order chi connectivity index (χ1) is 24.3. The number of methoxy groups -OCH3 is 2. The number of halogens is 2. The minimum atomic E-state index is -0.741. The highest BCUT2D eigenvalue weighted by Gasteiger charge is 2.40. The zero-order chi connectivity index (χ0) is 34.8. The van der Waals surface area contributed by atoms with E-state index in [2.05, 4.69) is 20.9 Å². The number of pyridine rings is 1. The van der Waals surface area contributed by atoms with Gasteiger partial charge in [-0.25, -0.2) is 9.59 Å². The molecule has 4 aromatic rings. The smallest absolute Gasteiger partial charge is 0.348 e. The molecular formula is C38H39Cl2N3O6S. The topological polar surface area (TPSA) is 90.4 Å². The van der Waals surface area contributed by atoms with Crippen LogP contribution in [0.4, 0.5) is 0 Å². The number of fused-ring (bicyclic) bond motifs is 4. The van der Waals surface area contributed by atoms with E-state index < -0.39 is 18.1 Å². The van der Waals surface area contributed by atoms with E-state index >= 15 is 0 Å². The summed E-state index contributed by atoms with van der Waals surface area (Å²) in [5.41, 5.74) is 3.47. The number of hydrogen-bond acceptors (Lipinski definition) is 10. The average molecular weight is 737 g/mol. The molecule has 0 saturated carbocycles. The Morgan fingerprint density at radius 1 is 0.960 bits per heavy atom. The number of ether oxygens (including phenoxy) is 4. The minimum absolute atomic E-state index is 0.0698. The maximum absolute atomic E-state index is 14.0. The number of thiophene rings is 1. The van der Waals surface area contributed by atoms with Crippen molar-refractivity contribution in [3.05, 3.63) is 109 Å². The van der Waals surface area contributed by atoms with Crippen LogP contribution in [-0.2, 0) is 33.7 Å². The van der Waals surface area contributed by atoms with Crippen LogP contribution >= 0.6 is 34.5 Å². The Morgan fingerprint density at radius 2 is 1.72 bits per heavy atom. The zero-order valence-electron chi connectivity index (χ0n) is 28.0. The molecular weight excluding hydrogens is 697 g/mol. The van der Waals surface area contributed by atoms with Gasteiger partial charge in [-0.05, 0) is 84.8 Å². The lowest BCUT2D eigenvalue weighted by molar-refractivity contribution is -0.166. The van der Waals surface area contributed by atoms with Crippen LogP contribution in [0, 0.1) is 5.92 Å². The van der Waals surface area contributed by atoms with Gasteiger partial charge < -0.3 is 18.9 Å². The second kappa shape index (κ2) is 15.3. The number of hydrogen-bond donors (Lipinski definition) is 0. The third-order valence-electron chi connectivity index (χ3n) is 10.1. The molecule has 0 aliphatic carbocycles. The van der Waals surface area contributed by atoms with E-state index in [1.807, 2.05) is 30.3 Å². The number of benzene rings is 2. The van der Waals surface area contributed by atoms with E-state index in [4.69, 9.17) is 42.1 Å². The second-order valence-electron chi connectivity index (χ2n) is 13.0. The van der Waals surface area contributed by atoms with Gasteiger partial charge in [0.25, 0.3) is 0 Å². The van der Waals surface area contributed by atoms with E-state index in [1.54, 1.807) is 32.4 Å². The van der Waals surface area contributed by atoms with Crippen molar-refractivity contribution in [3.8, 4) is 11.5 Å². The molecule has 50 heavy (non-hydrogen) atoms. The molecule has 3 atom stereocenters. The van der Waals surface area contributed by atoms with Crippen molar-refractivity contribution in [2.45, 2.75) is 50.5 Å². The summed E-state index contributed by atoms with van der Waals surface area (Å²) in [6, 6.07) is 16.7. The summed E-state index contributed by atoms with van der Waals surface area (Å²) in [5.74, 6) is 0.801. The molecule has 4 aliphatic rings. The van der Waals surface area contributed by atoms with Crippen molar-refractivity contribution < 1.29 is 28.5 Å². The van der Waals surface area contributed by atoms with E-state index in [-0.39, 0.29) is 18.5 Å². The Hall–Kier alpha value is -3.67. The lowest BCUT2D eigenvalue weighted by Crippen LogP contribution is -2.53. The lowest BCUT2D eigenvalue weighted by atomic mass is 9.85. The van der Waals surface area contributed by atoms with Gasteiger partial charge in [-0.2, -0.15) is 0 Å². The second-order valence-corrected chi connectivity index (χ2v) is 15.0. The number of nitrogens with zero attached hydrogens (tertiary/aromatic N) is 3. The van der Waals surface area contributed by atoms with Gasteiger partial charge in [0.2, 0.25) is 0 Å². The minimum Gasteiger partial charge on any atom is -0.493 e. The van der Waals surface area contributed by atoms with Gasteiger partial charge >= 0.3 is 11.9 Å². The lowest BCUT2D eigenvalue weighted by Gasteiger charge is -2.45. The molecule has 1 unspecified atom stereocenters. The fourth-order valence-corrected chi connectivity index (χ4v) is 8.82. The van der Waals surface area contributed by atoms with Gasteiger partial charge in [0.15, 0.2) is 11.5 Å². The largest absolute Gasteiger partial charge is 0.493 e. The Kier molecular flexibility index (Phi) is 10.6. The summed E-state index contributed by atoms with van der Waals surface area (Å²) in [7, 11) is 3.11. The number of rotatable bonds is 11. The molecule has 2 aromatic heterocycles. The third kappa shape index (κ3) is 7.36. The zero-order valence-corrected chi connectivity index (χ0v) is 30.3. The Bertz CT molecular complexity index is 1840. The maximum Gasteiger partial charge on any atom is 0.348 e. The first kappa shape index (κ1) is 34.8. The summed E-state index contributed by atoms with van der Waals surface area (Å²) < 4.78 is 23.4. The predicted octanol–water partition coefficient (Wildman–Crippen LogP) is 7.34. The van der Waals surface area contributed by atoms with E-state index in [0.717, 1.165) is 49.3 Å². The van der Waals surface area contributed by atoms with Crippen molar-refractivity contribution in [3.63, 3.8) is 0 Å². The van der Waals surface area contributed by atoms with E-state index in [9.17, 15) is 9.59 Å². The normalized spacial score (nSPS) is 22.0. The Morgan fingerprint density at radius 3 is 2.44 bits per heavy atom. The molecule has 8 rings (SSSR count). The van der Waals surface area contributed by atoms with E-state index in [0.29, 0.717) is 56.6 Å². The van der Waals surface area contributed by atoms with Crippen LogP contribution in [0.15, 0.2) is 67.0 Å². The number of carbonyl (C=O) groups excluding carboxylic acids is 2. The van der Waals surface area contributed by atoms with Crippen LogP contribution in [0.3, 0.4) is 0 Å². The molecule has 3 fully saturated rings. The monoisotopic (exact) mass is 735 g/mol. The highest BCUT2D eigenvalue weighted by Crippen LogP contribution is 2.38. The Labute approximate surface area is 306 Å². The number of piperidine rings is 3. The van der Waals surface area contributed by atoms with Crippen LogP contribution in [-0.4, -0.2) is 73.2 Å². The molecule has 9 nitrogen and oxygen atoms in total. The predicted molar refractivity (Wildman–Crippen MR) is 192 cm³/mol. The van der Waals surface area contributed by atoms with Gasteiger partial charge in [-0.3, -0.25) is 14.8 Å². The summed E-state index contributed by atoms with van der Waals surface area (Å²) in [6.45, 7) is 4.17. The van der Waals surface area contributed by atoms with Crippen molar-refractivity contribution in [1.82, 2.24) is 14.8 Å². The number of carbonyl (C=O) groups is 2.